The third kappa shape index (κ3) is 2.89. The van der Waals surface area contributed by atoms with Crippen LogP contribution in [0.15, 0.2) is 30.3 Å². The highest BCUT2D eigenvalue weighted by Crippen LogP contribution is 2.35. The minimum Gasteiger partial charge on any atom is -0.477 e. The average Bonchev–Trinajstić information content (AvgIpc) is 2.83. The number of rotatable bonds is 3. The van der Waals surface area contributed by atoms with E-state index in [1.54, 1.807) is 30.3 Å². The van der Waals surface area contributed by atoms with Crippen molar-refractivity contribution in [3.63, 3.8) is 0 Å². The van der Waals surface area contributed by atoms with Crippen LogP contribution in [0.1, 0.15) is 9.67 Å². The van der Waals surface area contributed by atoms with E-state index in [1.807, 2.05) is 0 Å². The van der Waals surface area contributed by atoms with Crippen LogP contribution in [0.25, 0.3) is 10.4 Å². The Morgan fingerprint density at radius 1 is 1.25 bits per heavy atom. The highest BCUT2D eigenvalue weighted by atomic mass is 32.1. The van der Waals surface area contributed by atoms with E-state index < -0.39 is 12.0 Å². The molecule has 2 rings (SSSR count). The second-order valence-corrected chi connectivity index (χ2v) is 5.04. The van der Waals surface area contributed by atoms with Crippen LogP contribution in [-0.2, 0) is 0 Å². The summed E-state index contributed by atoms with van der Waals surface area (Å²) in [5, 5.41) is 14.1. The number of carboxylic acid groups (broad SMARTS) is 1. The van der Waals surface area contributed by atoms with E-state index in [0.29, 0.717) is 5.69 Å². The molecule has 0 aliphatic heterocycles. The van der Waals surface area contributed by atoms with Crippen LogP contribution in [-0.4, -0.2) is 24.2 Å². The Morgan fingerprint density at radius 2 is 1.90 bits per heavy atom. The number of anilines is 2. The first kappa shape index (κ1) is 13.9. The maximum atomic E-state index is 11.3. The van der Waals surface area contributed by atoms with Gasteiger partial charge in [0.2, 0.25) is 0 Å². The second-order valence-electron chi connectivity index (χ2n) is 3.98. The molecule has 6 nitrogen and oxygen atoms in total. The first-order valence-electron chi connectivity index (χ1n) is 5.73. The minimum atomic E-state index is -1.08. The Bertz CT molecular complexity index is 649. The highest BCUT2D eigenvalue weighted by Gasteiger charge is 2.17. The largest absolute Gasteiger partial charge is 0.477 e. The quantitative estimate of drug-likeness (QED) is 0.652. The van der Waals surface area contributed by atoms with Gasteiger partial charge in [0.25, 0.3) is 0 Å². The molecule has 7 heteroatoms. The van der Waals surface area contributed by atoms with E-state index in [0.717, 1.165) is 21.8 Å². The minimum absolute atomic E-state index is 0.0837. The van der Waals surface area contributed by atoms with Crippen LogP contribution in [0.4, 0.5) is 16.2 Å². The lowest BCUT2D eigenvalue weighted by atomic mass is 10.1. The molecule has 0 fully saturated rings. The van der Waals surface area contributed by atoms with Crippen molar-refractivity contribution < 1.29 is 14.7 Å². The summed E-state index contributed by atoms with van der Waals surface area (Å²) in [6.07, 6.45) is 0. The number of nitrogens with one attached hydrogen (secondary N) is 2. The van der Waals surface area contributed by atoms with Gasteiger partial charge in [0.05, 0.1) is 5.69 Å². The van der Waals surface area contributed by atoms with E-state index in [-0.39, 0.29) is 10.6 Å². The Morgan fingerprint density at radius 3 is 2.45 bits per heavy atom. The van der Waals surface area contributed by atoms with Crippen LogP contribution < -0.4 is 16.4 Å². The summed E-state index contributed by atoms with van der Waals surface area (Å²) in [6, 6.07) is 8.25. The van der Waals surface area contributed by atoms with Gasteiger partial charge >= 0.3 is 12.0 Å². The maximum Gasteiger partial charge on any atom is 0.348 e. The van der Waals surface area contributed by atoms with Gasteiger partial charge in [-0.15, -0.1) is 11.3 Å². The predicted octanol–water partition coefficient (Wildman–Crippen LogP) is 2.45. The van der Waals surface area contributed by atoms with Gasteiger partial charge in [-0.2, -0.15) is 0 Å². The molecule has 5 N–H and O–H groups in total. The number of carbonyl (C=O) groups is 2. The number of hydrogen-bond donors (Lipinski definition) is 4. The third-order valence-electron chi connectivity index (χ3n) is 2.60. The number of hydrogen-bond acceptors (Lipinski definition) is 4. The number of thiophene rings is 1. The van der Waals surface area contributed by atoms with Crippen LogP contribution in [0.5, 0.6) is 0 Å². The van der Waals surface area contributed by atoms with Crippen molar-refractivity contribution >= 4 is 34.7 Å². The van der Waals surface area contributed by atoms with E-state index >= 15 is 0 Å². The molecule has 0 bridgehead atoms. The lowest BCUT2D eigenvalue weighted by molar-refractivity contribution is 0.0703. The summed E-state index contributed by atoms with van der Waals surface area (Å²) in [5.41, 5.74) is 7.36. The molecule has 0 unspecified atom stereocenters. The lowest BCUT2D eigenvalue weighted by Gasteiger charge is -2.02. The molecule has 20 heavy (non-hydrogen) atoms. The van der Waals surface area contributed by atoms with Crippen molar-refractivity contribution in [1.82, 2.24) is 5.32 Å². The first-order chi connectivity index (χ1) is 9.51. The summed E-state index contributed by atoms with van der Waals surface area (Å²) in [7, 11) is 1.46. The molecule has 0 atom stereocenters. The Hall–Kier alpha value is -2.54. The molecular weight excluding hydrogens is 278 g/mol. The number of nitrogen functional groups attached to an aromatic ring is 1. The SMILES string of the molecule is CNC(=O)Nc1cc(-c2ccc(N)cc2)sc1C(=O)O. The van der Waals surface area contributed by atoms with Crippen LogP contribution in [0, 0.1) is 0 Å². The zero-order chi connectivity index (χ0) is 14.7. The van der Waals surface area contributed by atoms with Gasteiger partial charge < -0.3 is 21.5 Å². The number of carbonyl (C=O) groups excluding carboxylic acids is 1. The number of nitrogens with two attached hydrogens (primary N) is 1. The first-order valence-corrected chi connectivity index (χ1v) is 6.54. The number of amides is 2. The molecule has 0 spiro atoms. The highest BCUT2D eigenvalue weighted by molar-refractivity contribution is 7.18. The summed E-state index contributed by atoms with van der Waals surface area (Å²) in [4.78, 5) is 23.4. The van der Waals surface area contributed by atoms with E-state index in [9.17, 15) is 14.7 Å². The normalized spacial score (nSPS) is 10.1. The fourth-order valence-corrected chi connectivity index (χ4v) is 2.58. The smallest absolute Gasteiger partial charge is 0.348 e. The van der Waals surface area contributed by atoms with Crippen molar-refractivity contribution in [2.75, 3.05) is 18.1 Å². The molecule has 0 aliphatic rings. The van der Waals surface area contributed by atoms with Gasteiger partial charge in [0.1, 0.15) is 4.88 Å². The molecule has 1 aromatic carbocycles. The monoisotopic (exact) mass is 291 g/mol. The average molecular weight is 291 g/mol. The van der Waals surface area contributed by atoms with Crippen LogP contribution in [0.2, 0.25) is 0 Å². The molecule has 1 heterocycles. The standard InChI is InChI=1S/C13H13N3O3S/c1-15-13(19)16-9-6-10(20-11(9)12(17)18)7-2-4-8(14)5-3-7/h2-6H,14H2,1H3,(H,17,18)(H2,15,16,19). The Kier molecular flexibility index (Phi) is 3.90. The molecule has 0 aliphatic carbocycles. The topological polar surface area (TPSA) is 104 Å². The number of benzene rings is 1. The zero-order valence-electron chi connectivity index (χ0n) is 10.6. The molecule has 1 aromatic heterocycles. The predicted molar refractivity (Wildman–Crippen MR) is 79.2 cm³/mol. The van der Waals surface area contributed by atoms with Gasteiger partial charge in [-0.05, 0) is 23.8 Å². The second kappa shape index (κ2) is 5.62. The molecule has 104 valence electrons. The van der Waals surface area contributed by atoms with Crippen molar-refractivity contribution in [1.29, 1.82) is 0 Å². The van der Waals surface area contributed by atoms with Gasteiger partial charge in [0, 0.05) is 17.6 Å². The summed E-state index contributed by atoms with van der Waals surface area (Å²) in [6.45, 7) is 0. The summed E-state index contributed by atoms with van der Waals surface area (Å²) in [5.74, 6) is -1.08. The molecule has 0 saturated heterocycles. The lowest BCUT2D eigenvalue weighted by Crippen LogP contribution is -2.24. The zero-order valence-corrected chi connectivity index (χ0v) is 11.5. The Labute approximate surface area is 119 Å². The number of carboxylic acids is 1. The van der Waals surface area contributed by atoms with Crippen LogP contribution in [0.3, 0.4) is 0 Å². The fraction of sp³-hybridized carbons (Fsp3) is 0.0769. The van der Waals surface area contributed by atoms with E-state index in [2.05, 4.69) is 10.6 Å². The van der Waals surface area contributed by atoms with Crippen molar-refractivity contribution in [2.24, 2.45) is 0 Å². The van der Waals surface area contributed by atoms with Crippen molar-refractivity contribution in [3.8, 4) is 10.4 Å². The molecule has 0 radical (unpaired) electrons. The van der Waals surface area contributed by atoms with Gasteiger partial charge in [-0.25, -0.2) is 9.59 Å². The molecule has 0 saturated carbocycles. The molecule has 2 amide bonds. The van der Waals surface area contributed by atoms with E-state index in [1.165, 1.54) is 7.05 Å². The number of urea groups is 1. The third-order valence-corrected chi connectivity index (χ3v) is 3.77. The van der Waals surface area contributed by atoms with Crippen molar-refractivity contribution in [2.45, 2.75) is 0 Å². The van der Waals surface area contributed by atoms with Gasteiger partial charge in [0.15, 0.2) is 0 Å². The van der Waals surface area contributed by atoms with Crippen molar-refractivity contribution in [3.05, 3.63) is 35.2 Å². The van der Waals surface area contributed by atoms with E-state index in [4.69, 9.17) is 5.73 Å². The summed E-state index contributed by atoms with van der Waals surface area (Å²) < 4.78 is 0. The van der Waals surface area contributed by atoms with Crippen LogP contribution >= 0.6 is 11.3 Å². The Balaban J connectivity index is 2.40. The fourth-order valence-electron chi connectivity index (χ4n) is 1.62. The number of aromatic carboxylic acids is 1. The molecule has 2 aromatic rings. The van der Waals surface area contributed by atoms with Gasteiger partial charge in [-0.1, -0.05) is 12.1 Å². The maximum absolute atomic E-state index is 11.3. The van der Waals surface area contributed by atoms with Gasteiger partial charge in [-0.3, -0.25) is 0 Å². The molecular formula is C13H13N3O3S. The summed E-state index contributed by atoms with van der Waals surface area (Å²) >= 11 is 1.10.